The van der Waals surface area contributed by atoms with Gasteiger partial charge in [0.2, 0.25) is 11.7 Å². The fourth-order valence-electron chi connectivity index (χ4n) is 3.25. The number of hydrogen-bond acceptors (Lipinski definition) is 4. The number of rotatable bonds is 3. The highest BCUT2D eigenvalue weighted by molar-refractivity contribution is 6.31. The number of hydrogen-bond donors (Lipinski definition) is 1. The van der Waals surface area contributed by atoms with Crippen molar-refractivity contribution < 1.29 is 13.7 Å². The molecule has 0 atom stereocenters. The van der Waals surface area contributed by atoms with Crippen molar-refractivity contribution in [1.82, 2.24) is 15.0 Å². The zero-order valence-corrected chi connectivity index (χ0v) is 16.8. The van der Waals surface area contributed by atoms with Crippen molar-refractivity contribution in [3.05, 3.63) is 64.2 Å². The van der Waals surface area contributed by atoms with Gasteiger partial charge < -0.3 is 14.7 Å². The summed E-state index contributed by atoms with van der Waals surface area (Å²) in [4.78, 5) is 18.6. The van der Waals surface area contributed by atoms with Gasteiger partial charge in [0.05, 0.1) is 5.02 Å². The first-order valence-electron chi connectivity index (χ1n) is 9.10. The van der Waals surface area contributed by atoms with Crippen molar-refractivity contribution in [3.8, 4) is 11.4 Å². The summed E-state index contributed by atoms with van der Waals surface area (Å²) in [5.41, 5.74) is 1.24. The smallest absolute Gasteiger partial charge is 0.321 e. The number of nitrogens with one attached hydrogen (secondary N) is 1. The monoisotopic (exact) mass is 434 g/mol. The Bertz CT molecular complexity index is 1030. The maximum atomic E-state index is 13.2. The molecule has 1 aliphatic heterocycles. The third-order valence-corrected chi connectivity index (χ3v) is 5.35. The van der Waals surface area contributed by atoms with Gasteiger partial charge in [-0.15, -0.1) is 0 Å². The van der Waals surface area contributed by atoms with E-state index in [0.717, 1.165) is 5.56 Å². The van der Waals surface area contributed by atoms with Gasteiger partial charge in [0.25, 0.3) is 0 Å². The SMILES string of the molecule is O=C(Nc1ccc(F)c(Cl)c1)N1CCC(c2nc(-c3cccc(Cl)c3)no2)CC1. The number of amides is 2. The highest BCUT2D eigenvalue weighted by Gasteiger charge is 2.28. The van der Waals surface area contributed by atoms with Crippen molar-refractivity contribution in [3.63, 3.8) is 0 Å². The van der Waals surface area contributed by atoms with Crippen LogP contribution in [0.4, 0.5) is 14.9 Å². The number of urea groups is 1. The lowest BCUT2D eigenvalue weighted by Gasteiger charge is -2.30. The molecule has 0 spiro atoms. The first-order valence-corrected chi connectivity index (χ1v) is 9.86. The zero-order chi connectivity index (χ0) is 20.4. The van der Waals surface area contributed by atoms with Crippen LogP contribution in [0.3, 0.4) is 0 Å². The zero-order valence-electron chi connectivity index (χ0n) is 15.2. The summed E-state index contributed by atoms with van der Waals surface area (Å²) in [6.45, 7) is 1.08. The Morgan fingerprint density at radius 2 is 1.97 bits per heavy atom. The normalized spacial score (nSPS) is 14.8. The standard InChI is InChI=1S/C20H17Cl2FN4O2/c21-14-3-1-2-13(10-14)18-25-19(29-26-18)12-6-8-27(9-7-12)20(28)24-15-4-5-17(23)16(22)11-15/h1-5,10-12H,6-9H2,(H,24,28). The molecule has 1 aliphatic rings. The van der Waals surface area contributed by atoms with Gasteiger partial charge in [-0.3, -0.25) is 0 Å². The van der Waals surface area contributed by atoms with Crippen molar-refractivity contribution in [2.24, 2.45) is 0 Å². The van der Waals surface area contributed by atoms with E-state index >= 15 is 0 Å². The van der Waals surface area contributed by atoms with Crippen LogP contribution in [0.2, 0.25) is 10.0 Å². The summed E-state index contributed by atoms with van der Waals surface area (Å²) < 4.78 is 18.7. The fourth-order valence-corrected chi connectivity index (χ4v) is 3.62. The second-order valence-electron chi connectivity index (χ2n) is 6.79. The Kier molecular flexibility index (Phi) is 5.69. The van der Waals surface area contributed by atoms with E-state index in [-0.39, 0.29) is 17.0 Å². The largest absolute Gasteiger partial charge is 0.339 e. The van der Waals surface area contributed by atoms with Gasteiger partial charge in [-0.2, -0.15) is 4.98 Å². The van der Waals surface area contributed by atoms with Crippen LogP contribution in [-0.2, 0) is 0 Å². The predicted octanol–water partition coefficient (Wildman–Crippen LogP) is 5.59. The molecule has 9 heteroatoms. The summed E-state index contributed by atoms with van der Waals surface area (Å²) >= 11 is 11.8. The van der Waals surface area contributed by atoms with Crippen LogP contribution >= 0.6 is 23.2 Å². The van der Waals surface area contributed by atoms with Crippen LogP contribution < -0.4 is 5.32 Å². The van der Waals surface area contributed by atoms with Gasteiger partial charge in [0.15, 0.2) is 0 Å². The Morgan fingerprint density at radius 3 is 2.69 bits per heavy atom. The topological polar surface area (TPSA) is 71.3 Å². The number of carbonyl (C=O) groups excluding carboxylic acids is 1. The van der Waals surface area contributed by atoms with Crippen LogP contribution in [0.5, 0.6) is 0 Å². The minimum Gasteiger partial charge on any atom is -0.339 e. The average molecular weight is 435 g/mol. The molecule has 0 aliphatic carbocycles. The number of aromatic nitrogens is 2. The van der Waals surface area contributed by atoms with E-state index in [2.05, 4.69) is 15.5 Å². The number of halogens is 3. The van der Waals surface area contributed by atoms with Gasteiger partial charge in [0, 0.05) is 35.3 Å². The van der Waals surface area contributed by atoms with E-state index in [1.807, 2.05) is 12.1 Å². The van der Waals surface area contributed by atoms with Crippen molar-refractivity contribution >= 4 is 34.9 Å². The molecule has 4 rings (SSSR count). The summed E-state index contributed by atoms with van der Waals surface area (Å²) in [6.07, 6.45) is 1.41. The van der Waals surface area contributed by atoms with Crippen LogP contribution in [0.25, 0.3) is 11.4 Å². The molecule has 3 aromatic rings. The molecule has 6 nitrogen and oxygen atoms in total. The first kappa shape index (κ1) is 19.7. The quantitative estimate of drug-likeness (QED) is 0.582. The molecule has 2 amide bonds. The Balaban J connectivity index is 1.35. The van der Waals surface area contributed by atoms with Gasteiger partial charge in [-0.1, -0.05) is 40.5 Å². The number of nitrogens with zero attached hydrogens (tertiary/aromatic N) is 3. The van der Waals surface area contributed by atoms with Crippen molar-refractivity contribution in [2.75, 3.05) is 18.4 Å². The maximum absolute atomic E-state index is 13.2. The molecule has 150 valence electrons. The Hall–Kier alpha value is -2.64. The molecule has 1 saturated heterocycles. The highest BCUT2D eigenvalue weighted by atomic mass is 35.5. The van der Waals surface area contributed by atoms with E-state index in [9.17, 15) is 9.18 Å². The summed E-state index contributed by atoms with van der Waals surface area (Å²) in [5.74, 6) is 0.614. The molecule has 1 N–H and O–H groups in total. The number of carbonyl (C=O) groups is 1. The minimum absolute atomic E-state index is 0.0339. The Morgan fingerprint density at radius 1 is 1.17 bits per heavy atom. The van der Waals surface area contributed by atoms with E-state index < -0.39 is 5.82 Å². The molecule has 29 heavy (non-hydrogen) atoms. The lowest BCUT2D eigenvalue weighted by Crippen LogP contribution is -2.40. The molecule has 0 saturated carbocycles. The van der Waals surface area contributed by atoms with E-state index in [0.29, 0.717) is 48.4 Å². The number of benzene rings is 2. The van der Waals surface area contributed by atoms with Crippen molar-refractivity contribution in [2.45, 2.75) is 18.8 Å². The second-order valence-corrected chi connectivity index (χ2v) is 7.63. The summed E-state index contributed by atoms with van der Waals surface area (Å²) in [7, 11) is 0. The van der Waals surface area contributed by atoms with Crippen LogP contribution in [0, 0.1) is 5.82 Å². The predicted molar refractivity (Wildman–Crippen MR) is 109 cm³/mol. The Labute approximate surface area is 176 Å². The molecule has 1 fully saturated rings. The molecule has 0 bridgehead atoms. The highest BCUT2D eigenvalue weighted by Crippen LogP contribution is 2.29. The summed E-state index contributed by atoms with van der Waals surface area (Å²) in [6, 6.07) is 11.1. The van der Waals surface area contributed by atoms with Crippen LogP contribution in [0.15, 0.2) is 47.0 Å². The molecule has 0 unspecified atom stereocenters. The lowest BCUT2D eigenvalue weighted by molar-refractivity contribution is 0.187. The lowest BCUT2D eigenvalue weighted by atomic mass is 9.97. The number of likely N-dealkylation sites (tertiary alicyclic amines) is 1. The number of piperidine rings is 1. The number of anilines is 1. The molecule has 2 heterocycles. The molecular formula is C20H17Cl2FN4O2. The van der Waals surface area contributed by atoms with Gasteiger partial charge in [-0.05, 0) is 43.2 Å². The van der Waals surface area contributed by atoms with Gasteiger partial charge in [-0.25, -0.2) is 9.18 Å². The molecule has 1 aromatic heterocycles. The third kappa shape index (κ3) is 4.52. The maximum Gasteiger partial charge on any atom is 0.321 e. The molecule has 0 radical (unpaired) electrons. The van der Waals surface area contributed by atoms with Crippen molar-refractivity contribution in [1.29, 1.82) is 0 Å². The van der Waals surface area contributed by atoms with Crippen LogP contribution in [-0.4, -0.2) is 34.2 Å². The van der Waals surface area contributed by atoms with Crippen LogP contribution in [0.1, 0.15) is 24.7 Å². The second kappa shape index (κ2) is 8.39. The fraction of sp³-hybridized carbons (Fsp3) is 0.250. The average Bonchev–Trinajstić information content (AvgIpc) is 3.21. The minimum atomic E-state index is -0.526. The first-order chi connectivity index (χ1) is 14.0. The van der Waals surface area contributed by atoms with E-state index in [1.54, 1.807) is 17.0 Å². The van der Waals surface area contributed by atoms with Gasteiger partial charge in [0.1, 0.15) is 5.82 Å². The molecule has 2 aromatic carbocycles. The summed E-state index contributed by atoms with van der Waals surface area (Å²) in [5, 5.41) is 7.36. The molecular weight excluding hydrogens is 418 g/mol. The van der Waals surface area contributed by atoms with E-state index in [4.69, 9.17) is 27.7 Å². The van der Waals surface area contributed by atoms with Gasteiger partial charge >= 0.3 is 6.03 Å². The van der Waals surface area contributed by atoms with E-state index in [1.165, 1.54) is 18.2 Å². The third-order valence-electron chi connectivity index (χ3n) is 4.83.